The molecule has 1 aliphatic heterocycles. The van der Waals surface area contributed by atoms with Gasteiger partial charge in [-0.1, -0.05) is 5.16 Å². The zero-order chi connectivity index (χ0) is 19.7. The first-order chi connectivity index (χ1) is 12.8. The molecule has 2 aromatic rings. The lowest BCUT2D eigenvalue weighted by Gasteiger charge is -2.40. The van der Waals surface area contributed by atoms with Crippen molar-refractivity contribution in [3.05, 3.63) is 41.5 Å². The van der Waals surface area contributed by atoms with Gasteiger partial charge in [-0.15, -0.1) is 0 Å². The van der Waals surface area contributed by atoms with Crippen molar-refractivity contribution in [3.63, 3.8) is 0 Å². The van der Waals surface area contributed by atoms with Crippen LogP contribution in [0, 0.1) is 18.6 Å². The van der Waals surface area contributed by atoms with Crippen LogP contribution >= 0.6 is 0 Å². The monoisotopic (exact) mass is 401 g/mol. The SMILES string of the molecule is COCCC1(c2noc(C)n2)CCCN(S(=O)(=O)c2cc(F)cc(F)c2)C1. The van der Waals surface area contributed by atoms with Gasteiger partial charge in [-0.3, -0.25) is 0 Å². The summed E-state index contributed by atoms with van der Waals surface area (Å²) < 4.78 is 64.6. The Labute approximate surface area is 156 Å². The molecule has 27 heavy (non-hydrogen) atoms. The molecule has 0 N–H and O–H groups in total. The third-order valence-electron chi connectivity index (χ3n) is 4.80. The summed E-state index contributed by atoms with van der Waals surface area (Å²) >= 11 is 0. The molecule has 1 aromatic heterocycles. The zero-order valence-electron chi connectivity index (χ0n) is 15.1. The molecule has 148 valence electrons. The van der Waals surface area contributed by atoms with Crippen molar-refractivity contribution in [2.45, 2.75) is 36.5 Å². The first kappa shape index (κ1) is 19.8. The number of rotatable bonds is 6. The highest BCUT2D eigenvalue weighted by Crippen LogP contribution is 2.37. The topological polar surface area (TPSA) is 85.5 Å². The number of hydrogen-bond acceptors (Lipinski definition) is 6. The maximum Gasteiger partial charge on any atom is 0.243 e. The lowest BCUT2D eigenvalue weighted by Crippen LogP contribution is -2.49. The number of ether oxygens (including phenoxy) is 1. The van der Waals surface area contributed by atoms with E-state index >= 15 is 0 Å². The van der Waals surface area contributed by atoms with Gasteiger partial charge < -0.3 is 9.26 Å². The number of hydrogen-bond donors (Lipinski definition) is 0. The van der Waals surface area contributed by atoms with Crippen molar-refractivity contribution in [1.29, 1.82) is 0 Å². The lowest BCUT2D eigenvalue weighted by molar-refractivity contribution is 0.128. The van der Waals surface area contributed by atoms with Crippen LogP contribution in [0.3, 0.4) is 0 Å². The molecule has 0 bridgehead atoms. The van der Waals surface area contributed by atoms with E-state index in [0.29, 0.717) is 43.7 Å². The van der Waals surface area contributed by atoms with Gasteiger partial charge in [0.2, 0.25) is 15.9 Å². The number of nitrogens with zero attached hydrogens (tertiary/aromatic N) is 3. The Balaban J connectivity index is 1.97. The van der Waals surface area contributed by atoms with Crippen LogP contribution in [0.25, 0.3) is 0 Å². The van der Waals surface area contributed by atoms with E-state index in [1.807, 2.05) is 0 Å². The summed E-state index contributed by atoms with van der Waals surface area (Å²) in [6.07, 6.45) is 1.69. The number of methoxy groups -OCH3 is 1. The maximum absolute atomic E-state index is 13.5. The number of halogens is 2. The molecule has 1 aliphatic rings. The third kappa shape index (κ3) is 4.02. The predicted octanol–water partition coefficient (Wildman–Crippen LogP) is 2.42. The summed E-state index contributed by atoms with van der Waals surface area (Å²) in [4.78, 5) is 3.89. The van der Waals surface area contributed by atoms with Gasteiger partial charge in [-0.2, -0.15) is 9.29 Å². The largest absolute Gasteiger partial charge is 0.385 e. The van der Waals surface area contributed by atoms with Crippen LogP contribution < -0.4 is 0 Å². The molecule has 0 aliphatic carbocycles. The van der Waals surface area contributed by atoms with Crippen LogP contribution in [-0.2, 0) is 20.2 Å². The molecule has 1 unspecified atom stereocenters. The smallest absolute Gasteiger partial charge is 0.243 e. The van der Waals surface area contributed by atoms with Crippen molar-refractivity contribution in [2.75, 3.05) is 26.8 Å². The second-order valence-corrected chi connectivity index (χ2v) is 8.65. The molecule has 0 spiro atoms. The Morgan fingerprint density at radius 1 is 1.30 bits per heavy atom. The van der Waals surface area contributed by atoms with E-state index in [9.17, 15) is 17.2 Å². The second kappa shape index (κ2) is 7.61. The van der Waals surface area contributed by atoms with Crippen LogP contribution in [0.5, 0.6) is 0 Å². The quantitative estimate of drug-likeness (QED) is 0.739. The first-order valence-corrected chi connectivity index (χ1v) is 9.97. The van der Waals surface area contributed by atoms with Gasteiger partial charge in [-0.25, -0.2) is 17.2 Å². The second-order valence-electron chi connectivity index (χ2n) is 6.71. The van der Waals surface area contributed by atoms with Gasteiger partial charge in [-0.05, 0) is 31.4 Å². The first-order valence-electron chi connectivity index (χ1n) is 8.53. The number of aryl methyl sites for hydroxylation is 1. The Morgan fingerprint density at radius 3 is 2.59 bits per heavy atom. The fourth-order valence-electron chi connectivity index (χ4n) is 3.43. The van der Waals surface area contributed by atoms with Crippen molar-refractivity contribution < 1.29 is 26.5 Å². The van der Waals surface area contributed by atoms with Gasteiger partial charge in [0.05, 0.1) is 4.90 Å². The number of sulfonamides is 1. The molecule has 1 fully saturated rings. The lowest BCUT2D eigenvalue weighted by atomic mass is 9.77. The molecule has 2 heterocycles. The van der Waals surface area contributed by atoms with Crippen molar-refractivity contribution in [2.24, 2.45) is 0 Å². The normalized spacial score (nSPS) is 21.5. The Hall–Kier alpha value is -1.91. The van der Waals surface area contributed by atoms with Gasteiger partial charge in [0.15, 0.2) is 5.82 Å². The highest BCUT2D eigenvalue weighted by molar-refractivity contribution is 7.89. The molecule has 1 aromatic carbocycles. The minimum atomic E-state index is -4.08. The Bertz CT molecular complexity index is 898. The van der Waals surface area contributed by atoms with E-state index in [0.717, 1.165) is 12.1 Å². The van der Waals surface area contributed by atoms with Crippen LogP contribution in [0.15, 0.2) is 27.6 Å². The number of aromatic nitrogens is 2. The molecule has 3 rings (SSSR count). The maximum atomic E-state index is 13.5. The Kier molecular flexibility index (Phi) is 5.59. The van der Waals surface area contributed by atoms with Gasteiger partial charge in [0.1, 0.15) is 11.6 Å². The third-order valence-corrected chi connectivity index (χ3v) is 6.63. The molecular weight excluding hydrogens is 380 g/mol. The van der Waals surface area contributed by atoms with E-state index < -0.39 is 32.0 Å². The van der Waals surface area contributed by atoms with E-state index in [1.54, 1.807) is 14.0 Å². The average Bonchev–Trinajstić information content (AvgIpc) is 3.06. The van der Waals surface area contributed by atoms with Crippen molar-refractivity contribution in [1.82, 2.24) is 14.4 Å². The van der Waals surface area contributed by atoms with Crippen molar-refractivity contribution in [3.8, 4) is 0 Å². The van der Waals surface area contributed by atoms with E-state index in [4.69, 9.17) is 9.26 Å². The summed E-state index contributed by atoms with van der Waals surface area (Å²) in [6, 6.07) is 2.28. The van der Waals surface area contributed by atoms with E-state index in [1.165, 1.54) is 4.31 Å². The molecule has 0 amide bonds. The zero-order valence-corrected chi connectivity index (χ0v) is 15.9. The van der Waals surface area contributed by atoms with Gasteiger partial charge in [0.25, 0.3) is 0 Å². The molecule has 7 nitrogen and oxygen atoms in total. The molecule has 0 radical (unpaired) electrons. The molecule has 1 atom stereocenters. The predicted molar refractivity (Wildman–Crippen MR) is 91.6 cm³/mol. The minimum absolute atomic E-state index is 0.0792. The summed E-state index contributed by atoms with van der Waals surface area (Å²) in [5.74, 6) is -1.08. The molecule has 10 heteroatoms. The number of piperidine rings is 1. The fourth-order valence-corrected chi connectivity index (χ4v) is 5.04. The van der Waals surface area contributed by atoms with Crippen LogP contribution in [0.4, 0.5) is 8.78 Å². The summed E-state index contributed by atoms with van der Waals surface area (Å²) in [7, 11) is -2.52. The fraction of sp³-hybridized carbons (Fsp3) is 0.529. The summed E-state index contributed by atoms with van der Waals surface area (Å²) in [5, 5.41) is 4.00. The molecule has 1 saturated heterocycles. The summed E-state index contributed by atoms with van der Waals surface area (Å²) in [6.45, 7) is 2.37. The highest BCUT2D eigenvalue weighted by Gasteiger charge is 2.44. The van der Waals surface area contributed by atoms with Gasteiger partial charge >= 0.3 is 0 Å². The van der Waals surface area contributed by atoms with Crippen LogP contribution in [0.2, 0.25) is 0 Å². The molecular formula is C17H21F2N3O4S. The van der Waals surface area contributed by atoms with Crippen molar-refractivity contribution >= 4 is 10.0 Å². The molecule has 0 saturated carbocycles. The van der Waals surface area contributed by atoms with E-state index in [-0.39, 0.29) is 13.1 Å². The Morgan fingerprint density at radius 2 is 2.00 bits per heavy atom. The highest BCUT2D eigenvalue weighted by atomic mass is 32.2. The van der Waals surface area contributed by atoms with E-state index in [2.05, 4.69) is 10.1 Å². The summed E-state index contributed by atoms with van der Waals surface area (Å²) in [5.41, 5.74) is -0.690. The minimum Gasteiger partial charge on any atom is -0.385 e. The number of benzene rings is 1. The van der Waals surface area contributed by atoms with Gasteiger partial charge in [0, 0.05) is 45.2 Å². The van der Waals surface area contributed by atoms with Crippen LogP contribution in [0.1, 0.15) is 31.0 Å². The average molecular weight is 401 g/mol. The van der Waals surface area contributed by atoms with Crippen LogP contribution in [-0.4, -0.2) is 49.7 Å². The standard InChI is InChI=1S/C17H21F2N3O4S/c1-12-20-16(21-26-12)17(5-7-25-2)4-3-6-22(11-17)27(23,24)15-9-13(18)8-14(19)10-15/h8-10H,3-7,11H2,1-2H3.